The van der Waals surface area contributed by atoms with Gasteiger partial charge in [0, 0.05) is 6.54 Å². The fraction of sp³-hybridized carbons (Fsp3) is 0.500. The topological polar surface area (TPSA) is 49.4 Å². The van der Waals surface area contributed by atoms with Crippen molar-refractivity contribution in [3.05, 3.63) is 35.6 Å². The van der Waals surface area contributed by atoms with Crippen molar-refractivity contribution in [3.8, 4) is 0 Å². The number of carbonyl (C=O) groups is 2. The minimum Gasteiger partial charge on any atom is -0.342 e. The van der Waals surface area contributed by atoms with Crippen LogP contribution >= 0.6 is 0 Å². The van der Waals surface area contributed by atoms with Gasteiger partial charge in [0.25, 0.3) is 0 Å². The third-order valence-corrected chi connectivity index (χ3v) is 4.32. The Morgan fingerprint density at radius 1 is 1.33 bits per heavy atom. The molecule has 1 aromatic rings. The van der Waals surface area contributed by atoms with Crippen LogP contribution in [0.25, 0.3) is 0 Å². The zero-order valence-electron chi connectivity index (χ0n) is 12.0. The molecule has 1 heterocycles. The number of halogens is 1. The third-order valence-electron chi connectivity index (χ3n) is 4.32. The van der Waals surface area contributed by atoms with Crippen molar-refractivity contribution in [2.24, 2.45) is 5.92 Å². The molecule has 1 aliphatic heterocycles. The van der Waals surface area contributed by atoms with Crippen LogP contribution in [0.3, 0.4) is 0 Å². The van der Waals surface area contributed by atoms with Gasteiger partial charge in [-0.25, -0.2) is 4.39 Å². The number of amides is 2. The Morgan fingerprint density at radius 2 is 2.10 bits per heavy atom. The molecule has 2 aliphatic rings. The van der Waals surface area contributed by atoms with E-state index in [4.69, 9.17) is 0 Å². The van der Waals surface area contributed by atoms with E-state index in [2.05, 4.69) is 5.32 Å². The molecule has 1 N–H and O–H groups in total. The van der Waals surface area contributed by atoms with Gasteiger partial charge in [-0.2, -0.15) is 0 Å². The molecule has 2 fully saturated rings. The van der Waals surface area contributed by atoms with Crippen molar-refractivity contribution in [2.75, 3.05) is 6.54 Å². The predicted octanol–water partition coefficient (Wildman–Crippen LogP) is 1.49. The average molecular weight is 290 g/mol. The van der Waals surface area contributed by atoms with E-state index in [-0.39, 0.29) is 23.7 Å². The molecule has 1 aliphatic carbocycles. The fourth-order valence-electron chi connectivity index (χ4n) is 2.84. The first-order valence-corrected chi connectivity index (χ1v) is 7.41. The van der Waals surface area contributed by atoms with E-state index >= 15 is 0 Å². The van der Waals surface area contributed by atoms with E-state index in [0.717, 1.165) is 18.4 Å². The molecule has 2 unspecified atom stereocenters. The van der Waals surface area contributed by atoms with E-state index in [1.807, 2.05) is 6.07 Å². The molecule has 4 nitrogen and oxygen atoms in total. The minimum absolute atomic E-state index is 0.000929. The molecule has 2 atom stereocenters. The first-order valence-electron chi connectivity index (χ1n) is 7.41. The lowest BCUT2D eigenvalue weighted by molar-refractivity contribution is -0.149. The Hall–Kier alpha value is -1.91. The highest BCUT2D eigenvalue weighted by molar-refractivity contribution is 5.97. The summed E-state index contributed by atoms with van der Waals surface area (Å²) in [4.78, 5) is 26.1. The van der Waals surface area contributed by atoms with Gasteiger partial charge in [-0.3, -0.25) is 9.59 Å². The highest BCUT2D eigenvalue weighted by atomic mass is 19.1. The summed E-state index contributed by atoms with van der Waals surface area (Å²) in [7, 11) is 0. The first kappa shape index (κ1) is 14.0. The molecule has 21 heavy (non-hydrogen) atoms. The molecule has 112 valence electrons. The number of rotatable bonds is 4. The maximum Gasteiger partial charge on any atom is 0.246 e. The Labute approximate surface area is 123 Å². The van der Waals surface area contributed by atoms with Gasteiger partial charge in [-0.15, -0.1) is 0 Å². The zero-order valence-corrected chi connectivity index (χ0v) is 12.0. The zero-order chi connectivity index (χ0) is 15.0. The number of benzene rings is 1. The highest BCUT2D eigenvalue weighted by Gasteiger charge is 2.45. The maximum atomic E-state index is 13.2. The van der Waals surface area contributed by atoms with Crippen LogP contribution < -0.4 is 5.32 Å². The van der Waals surface area contributed by atoms with E-state index in [1.165, 1.54) is 12.1 Å². The second-order valence-electron chi connectivity index (χ2n) is 5.91. The first-order chi connectivity index (χ1) is 10.1. The molecule has 2 amide bonds. The van der Waals surface area contributed by atoms with Gasteiger partial charge in [0.15, 0.2) is 0 Å². The van der Waals surface area contributed by atoms with E-state index in [9.17, 15) is 14.0 Å². The van der Waals surface area contributed by atoms with Crippen molar-refractivity contribution in [3.63, 3.8) is 0 Å². The standard InChI is InChI=1S/C16H19FN2O2/c1-10-15(20)18-14(12-5-6-12)16(21)19(10)8-7-11-3-2-4-13(17)9-11/h2-4,9-10,12,14H,5-8H2,1H3,(H,18,20). The lowest BCUT2D eigenvalue weighted by atomic mass is 10.0. The monoisotopic (exact) mass is 290 g/mol. The average Bonchev–Trinajstić information content (AvgIpc) is 3.27. The number of carbonyl (C=O) groups excluding carboxylic acids is 2. The van der Waals surface area contributed by atoms with E-state index < -0.39 is 6.04 Å². The van der Waals surface area contributed by atoms with Gasteiger partial charge in [-0.05, 0) is 49.8 Å². The maximum absolute atomic E-state index is 13.2. The molecule has 1 saturated heterocycles. The summed E-state index contributed by atoms with van der Waals surface area (Å²) in [5, 5.41) is 2.82. The lowest BCUT2D eigenvalue weighted by Crippen LogP contribution is -2.63. The van der Waals surface area contributed by atoms with Gasteiger partial charge in [0.2, 0.25) is 11.8 Å². The van der Waals surface area contributed by atoms with Gasteiger partial charge in [-0.1, -0.05) is 12.1 Å². The third kappa shape index (κ3) is 2.91. The number of piperazine rings is 1. The molecule has 3 rings (SSSR count). The van der Waals surface area contributed by atoms with Gasteiger partial charge in [0.1, 0.15) is 17.9 Å². The molecular formula is C16H19FN2O2. The van der Waals surface area contributed by atoms with Crippen LogP contribution in [-0.2, 0) is 16.0 Å². The Bertz CT molecular complexity index is 571. The minimum atomic E-state index is -0.457. The van der Waals surface area contributed by atoms with E-state index in [1.54, 1.807) is 17.9 Å². The van der Waals surface area contributed by atoms with Crippen molar-refractivity contribution in [1.82, 2.24) is 10.2 Å². The lowest BCUT2D eigenvalue weighted by Gasteiger charge is -2.37. The molecule has 0 spiro atoms. The highest BCUT2D eigenvalue weighted by Crippen LogP contribution is 2.35. The molecule has 0 aromatic heterocycles. The molecule has 5 heteroatoms. The molecule has 1 saturated carbocycles. The Balaban J connectivity index is 1.69. The summed E-state index contributed by atoms with van der Waals surface area (Å²) in [6, 6.07) is 5.54. The number of nitrogens with zero attached hydrogens (tertiary/aromatic N) is 1. The second-order valence-corrected chi connectivity index (χ2v) is 5.91. The summed E-state index contributed by atoms with van der Waals surface area (Å²) < 4.78 is 13.2. The van der Waals surface area contributed by atoms with Gasteiger partial charge >= 0.3 is 0 Å². The smallest absolute Gasteiger partial charge is 0.246 e. The second kappa shape index (κ2) is 5.47. The van der Waals surface area contributed by atoms with Crippen LogP contribution in [0.1, 0.15) is 25.3 Å². The summed E-state index contributed by atoms with van der Waals surface area (Å²) in [5.41, 5.74) is 0.837. The predicted molar refractivity (Wildman–Crippen MR) is 75.9 cm³/mol. The van der Waals surface area contributed by atoms with Gasteiger partial charge in [0.05, 0.1) is 0 Å². The number of hydrogen-bond donors (Lipinski definition) is 1. The summed E-state index contributed by atoms with van der Waals surface area (Å²) in [5.74, 6) is -0.0727. The van der Waals surface area contributed by atoms with Crippen LogP contribution in [0.15, 0.2) is 24.3 Å². The Kier molecular flexibility index (Phi) is 3.66. The van der Waals surface area contributed by atoms with Gasteiger partial charge < -0.3 is 10.2 Å². The summed E-state index contributed by atoms with van der Waals surface area (Å²) in [6.07, 6.45) is 2.56. The number of nitrogens with one attached hydrogen (secondary N) is 1. The van der Waals surface area contributed by atoms with Crippen LogP contribution in [0.5, 0.6) is 0 Å². The van der Waals surface area contributed by atoms with Crippen molar-refractivity contribution >= 4 is 11.8 Å². The fourth-order valence-corrected chi connectivity index (χ4v) is 2.84. The van der Waals surface area contributed by atoms with Crippen molar-refractivity contribution in [2.45, 2.75) is 38.3 Å². The van der Waals surface area contributed by atoms with Crippen LogP contribution in [0.2, 0.25) is 0 Å². The van der Waals surface area contributed by atoms with Crippen LogP contribution in [-0.4, -0.2) is 35.3 Å². The van der Waals surface area contributed by atoms with Crippen LogP contribution in [0.4, 0.5) is 4.39 Å². The van der Waals surface area contributed by atoms with Crippen LogP contribution in [0, 0.1) is 11.7 Å². The summed E-state index contributed by atoms with van der Waals surface area (Å²) >= 11 is 0. The molecule has 0 radical (unpaired) electrons. The molecular weight excluding hydrogens is 271 g/mol. The van der Waals surface area contributed by atoms with E-state index in [0.29, 0.717) is 18.9 Å². The quantitative estimate of drug-likeness (QED) is 0.913. The largest absolute Gasteiger partial charge is 0.342 e. The Morgan fingerprint density at radius 3 is 2.76 bits per heavy atom. The molecule has 0 bridgehead atoms. The SMILES string of the molecule is CC1C(=O)NC(C2CC2)C(=O)N1CCc1cccc(F)c1. The summed E-state index contributed by atoms with van der Waals surface area (Å²) in [6.45, 7) is 2.18. The van der Waals surface area contributed by atoms with Crippen molar-refractivity contribution in [1.29, 1.82) is 0 Å². The normalized spacial score (nSPS) is 25.9. The number of hydrogen-bond acceptors (Lipinski definition) is 2. The molecule has 1 aromatic carbocycles. The van der Waals surface area contributed by atoms with Crippen molar-refractivity contribution < 1.29 is 14.0 Å².